The van der Waals surface area contributed by atoms with Gasteiger partial charge < -0.3 is 10.1 Å². The quantitative estimate of drug-likeness (QED) is 0.836. The molecule has 2 atom stereocenters. The van der Waals surface area contributed by atoms with Crippen LogP contribution in [0.3, 0.4) is 0 Å². The van der Waals surface area contributed by atoms with Crippen molar-refractivity contribution in [1.29, 1.82) is 0 Å². The highest BCUT2D eigenvalue weighted by Gasteiger charge is 2.21. The minimum Gasteiger partial charge on any atom is -0.462 e. The zero-order valence-corrected chi connectivity index (χ0v) is 11.8. The van der Waals surface area contributed by atoms with Gasteiger partial charge in [-0.1, -0.05) is 25.8 Å². The summed E-state index contributed by atoms with van der Waals surface area (Å²) < 4.78 is 5.03. The van der Waals surface area contributed by atoms with E-state index in [-0.39, 0.29) is 5.97 Å². The van der Waals surface area contributed by atoms with Gasteiger partial charge in [0.05, 0.1) is 12.2 Å². The van der Waals surface area contributed by atoms with Crippen LogP contribution in [0.1, 0.15) is 49.9 Å². The Balaban J connectivity index is 2.04. The normalized spacial score (nSPS) is 22.8. The summed E-state index contributed by atoms with van der Waals surface area (Å²) in [6.45, 7) is 4.53. The maximum absolute atomic E-state index is 11.7. The predicted molar refractivity (Wildman–Crippen MR) is 77.4 cm³/mol. The fourth-order valence-corrected chi connectivity index (χ4v) is 2.70. The first-order valence-electron chi connectivity index (χ1n) is 7.24. The highest BCUT2D eigenvalue weighted by molar-refractivity contribution is 5.90. The van der Waals surface area contributed by atoms with Crippen molar-refractivity contribution in [2.75, 3.05) is 11.9 Å². The van der Waals surface area contributed by atoms with Gasteiger partial charge in [-0.25, -0.2) is 4.79 Å². The van der Waals surface area contributed by atoms with Crippen LogP contribution in [-0.4, -0.2) is 18.6 Å². The molecule has 0 bridgehead atoms. The molecule has 1 saturated carbocycles. The van der Waals surface area contributed by atoms with E-state index in [1.165, 1.54) is 25.7 Å². The summed E-state index contributed by atoms with van der Waals surface area (Å²) in [6.07, 6.45) is 5.13. The average Bonchev–Trinajstić information content (AvgIpc) is 2.42. The van der Waals surface area contributed by atoms with Gasteiger partial charge in [0, 0.05) is 11.7 Å². The van der Waals surface area contributed by atoms with E-state index in [0.29, 0.717) is 24.1 Å². The predicted octanol–water partition coefficient (Wildman–Crippen LogP) is 3.85. The van der Waals surface area contributed by atoms with Crippen molar-refractivity contribution in [3.63, 3.8) is 0 Å². The Kier molecular flexibility index (Phi) is 4.83. The molecule has 0 heterocycles. The molecule has 0 aromatic heterocycles. The molecule has 1 aliphatic rings. The van der Waals surface area contributed by atoms with Crippen molar-refractivity contribution >= 4 is 11.7 Å². The first-order chi connectivity index (χ1) is 9.20. The van der Waals surface area contributed by atoms with E-state index in [1.54, 1.807) is 6.07 Å². The molecule has 104 valence electrons. The van der Waals surface area contributed by atoms with Gasteiger partial charge in [-0.15, -0.1) is 0 Å². The van der Waals surface area contributed by atoms with Crippen LogP contribution in [0.4, 0.5) is 5.69 Å². The van der Waals surface area contributed by atoms with E-state index in [0.717, 1.165) is 5.69 Å². The van der Waals surface area contributed by atoms with Crippen molar-refractivity contribution in [2.45, 2.75) is 45.6 Å². The van der Waals surface area contributed by atoms with Gasteiger partial charge in [0.1, 0.15) is 0 Å². The topological polar surface area (TPSA) is 38.3 Å². The molecule has 0 radical (unpaired) electrons. The summed E-state index contributed by atoms with van der Waals surface area (Å²) in [4.78, 5) is 11.7. The van der Waals surface area contributed by atoms with Crippen LogP contribution in [0.5, 0.6) is 0 Å². The summed E-state index contributed by atoms with van der Waals surface area (Å²) in [5.41, 5.74) is 1.64. The molecule has 1 aromatic rings. The number of rotatable bonds is 4. The Labute approximate surface area is 115 Å². The highest BCUT2D eigenvalue weighted by Crippen LogP contribution is 2.27. The second-order valence-electron chi connectivity index (χ2n) is 5.31. The molecule has 1 N–H and O–H groups in total. The molecule has 0 amide bonds. The van der Waals surface area contributed by atoms with Crippen LogP contribution in [-0.2, 0) is 4.74 Å². The van der Waals surface area contributed by atoms with Crippen molar-refractivity contribution in [3.05, 3.63) is 29.8 Å². The number of nitrogens with one attached hydrogen (secondary N) is 1. The molecule has 19 heavy (non-hydrogen) atoms. The maximum atomic E-state index is 11.7. The van der Waals surface area contributed by atoms with Gasteiger partial charge in [0.2, 0.25) is 0 Å². The van der Waals surface area contributed by atoms with Crippen LogP contribution in [0.15, 0.2) is 24.3 Å². The molecule has 0 saturated heterocycles. The van der Waals surface area contributed by atoms with E-state index < -0.39 is 0 Å². The number of esters is 1. The van der Waals surface area contributed by atoms with Crippen LogP contribution in [0, 0.1) is 5.92 Å². The number of ether oxygens (including phenoxy) is 1. The molecular formula is C16H23NO2. The fourth-order valence-electron chi connectivity index (χ4n) is 2.70. The van der Waals surface area contributed by atoms with Gasteiger partial charge in [0.25, 0.3) is 0 Å². The monoisotopic (exact) mass is 261 g/mol. The minimum atomic E-state index is -0.247. The lowest BCUT2D eigenvalue weighted by Gasteiger charge is -2.30. The van der Waals surface area contributed by atoms with Crippen molar-refractivity contribution in [1.82, 2.24) is 0 Å². The van der Waals surface area contributed by atoms with Crippen molar-refractivity contribution < 1.29 is 9.53 Å². The van der Waals surface area contributed by atoms with Crippen LogP contribution >= 0.6 is 0 Å². The lowest BCUT2D eigenvalue weighted by molar-refractivity contribution is 0.0526. The first-order valence-corrected chi connectivity index (χ1v) is 7.24. The Bertz CT molecular complexity index is 431. The first kappa shape index (κ1) is 13.9. The van der Waals surface area contributed by atoms with Crippen LogP contribution in [0.2, 0.25) is 0 Å². The third kappa shape index (κ3) is 3.72. The van der Waals surface area contributed by atoms with Gasteiger partial charge in [-0.05, 0) is 43.9 Å². The number of hydrogen-bond donors (Lipinski definition) is 1. The zero-order chi connectivity index (χ0) is 13.7. The molecule has 1 aliphatic carbocycles. The maximum Gasteiger partial charge on any atom is 0.338 e. The molecule has 2 rings (SSSR count). The van der Waals surface area contributed by atoms with Crippen molar-refractivity contribution in [3.8, 4) is 0 Å². The van der Waals surface area contributed by atoms with Gasteiger partial charge in [-0.3, -0.25) is 0 Å². The summed E-state index contributed by atoms with van der Waals surface area (Å²) in [5, 5.41) is 3.56. The lowest BCUT2D eigenvalue weighted by atomic mass is 9.86. The van der Waals surface area contributed by atoms with Gasteiger partial charge in [0.15, 0.2) is 0 Å². The Morgan fingerprint density at radius 2 is 2.16 bits per heavy atom. The van der Waals surface area contributed by atoms with Crippen molar-refractivity contribution in [2.24, 2.45) is 5.92 Å². The molecule has 2 unspecified atom stereocenters. The number of hydrogen-bond acceptors (Lipinski definition) is 3. The SMILES string of the molecule is CCOC(=O)c1cccc(NC2CCCCC2C)c1. The summed E-state index contributed by atoms with van der Waals surface area (Å²) in [6, 6.07) is 8.13. The molecule has 3 heteroatoms. The largest absolute Gasteiger partial charge is 0.462 e. The summed E-state index contributed by atoms with van der Waals surface area (Å²) >= 11 is 0. The summed E-state index contributed by atoms with van der Waals surface area (Å²) in [7, 11) is 0. The number of anilines is 1. The van der Waals surface area contributed by atoms with E-state index in [1.807, 2.05) is 25.1 Å². The third-order valence-corrected chi connectivity index (χ3v) is 3.84. The Morgan fingerprint density at radius 1 is 1.37 bits per heavy atom. The Morgan fingerprint density at radius 3 is 2.89 bits per heavy atom. The molecule has 3 nitrogen and oxygen atoms in total. The molecule has 0 aliphatic heterocycles. The third-order valence-electron chi connectivity index (χ3n) is 3.84. The zero-order valence-electron chi connectivity index (χ0n) is 11.8. The fraction of sp³-hybridized carbons (Fsp3) is 0.562. The molecule has 1 fully saturated rings. The highest BCUT2D eigenvalue weighted by atomic mass is 16.5. The van der Waals surface area contributed by atoms with E-state index in [2.05, 4.69) is 12.2 Å². The van der Waals surface area contributed by atoms with Crippen LogP contribution in [0.25, 0.3) is 0 Å². The van der Waals surface area contributed by atoms with Gasteiger partial charge in [-0.2, -0.15) is 0 Å². The molecular weight excluding hydrogens is 238 g/mol. The van der Waals surface area contributed by atoms with E-state index in [4.69, 9.17) is 4.74 Å². The minimum absolute atomic E-state index is 0.247. The molecule has 1 aromatic carbocycles. The smallest absolute Gasteiger partial charge is 0.338 e. The molecule has 0 spiro atoms. The standard InChI is InChI=1S/C16H23NO2/c1-3-19-16(18)13-8-6-9-14(11-13)17-15-10-5-4-7-12(15)2/h6,8-9,11-12,15,17H,3-5,7,10H2,1-2H3. The summed E-state index contributed by atoms with van der Waals surface area (Å²) in [5.74, 6) is 0.447. The van der Waals surface area contributed by atoms with Gasteiger partial charge >= 0.3 is 5.97 Å². The second-order valence-corrected chi connectivity index (χ2v) is 5.31. The number of carbonyl (C=O) groups is 1. The van der Waals surface area contributed by atoms with E-state index in [9.17, 15) is 4.79 Å². The number of benzene rings is 1. The van der Waals surface area contributed by atoms with E-state index >= 15 is 0 Å². The average molecular weight is 261 g/mol. The van der Waals surface area contributed by atoms with Crippen LogP contribution < -0.4 is 5.32 Å². The Hall–Kier alpha value is -1.51. The second kappa shape index (κ2) is 6.60. The lowest BCUT2D eigenvalue weighted by Crippen LogP contribution is -2.30. The number of carbonyl (C=O) groups excluding carboxylic acids is 1.